The molecule has 0 aliphatic heterocycles. The summed E-state index contributed by atoms with van der Waals surface area (Å²) in [6, 6.07) is 0. The van der Waals surface area contributed by atoms with Crippen LogP contribution in [0.2, 0.25) is 0 Å². The van der Waals surface area contributed by atoms with Crippen LogP contribution in [0.3, 0.4) is 0 Å². The van der Waals surface area contributed by atoms with Gasteiger partial charge in [-0.15, -0.1) is 0 Å². The summed E-state index contributed by atoms with van der Waals surface area (Å²) in [4.78, 5) is 22.5. The zero-order valence-corrected chi connectivity index (χ0v) is 35.7. The van der Waals surface area contributed by atoms with E-state index in [1.807, 2.05) is 21.1 Å². The van der Waals surface area contributed by atoms with Gasteiger partial charge in [0, 0.05) is 13.0 Å². The van der Waals surface area contributed by atoms with Crippen LogP contribution >= 0.6 is 7.82 Å². The number of hydrogen-bond acceptors (Lipinski definition) is 6. The molecule has 0 aromatic carbocycles. The van der Waals surface area contributed by atoms with Crippen molar-refractivity contribution in [3.63, 3.8) is 0 Å². The molecular formula is C43H85NO7P+. The zero-order valence-electron chi connectivity index (χ0n) is 34.8. The second kappa shape index (κ2) is 36.9. The van der Waals surface area contributed by atoms with E-state index in [1.54, 1.807) is 0 Å². The third-order valence-electron chi connectivity index (χ3n) is 9.27. The van der Waals surface area contributed by atoms with Gasteiger partial charge in [-0.25, -0.2) is 4.57 Å². The van der Waals surface area contributed by atoms with Gasteiger partial charge >= 0.3 is 13.8 Å². The van der Waals surface area contributed by atoms with E-state index in [9.17, 15) is 14.3 Å². The molecule has 0 saturated heterocycles. The topological polar surface area (TPSA) is 91.3 Å². The van der Waals surface area contributed by atoms with E-state index in [0.717, 1.165) is 44.9 Å². The number of esters is 1. The van der Waals surface area contributed by atoms with Crippen LogP contribution in [0.1, 0.15) is 187 Å². The summed E-state index contributed by atoms with van der Waals surface area (Å²) in [7, 11) is 1.67. The lowest BCUT2D eigenvalue weighted by Crippen LogP contribution is -2.37. The Balaban J connectivity index is 3.83. The van der Waals surface area contributed by atoms with Crippen LogP contribution in [0.4, 0.5) is 0 Å². The Morgan fingerprint density at radius 1 is 0.596 bits per heavy atom. The number of hydrogen-bond donors (Lipinski definition) is 1. The van der Waals surface area contributed by atoms with Gasteiger partial charge in [0.15, 0.2) is 0 Å². The number of phosphoric acid groups is 1. The summed E-state index contributed by atoms with van der Waals surface area (Å²) in [5, 5.41) is 0. The van der Waals surface area contributed by atoms with Crippen molar-refractivity contribution in [2.75, 3.05) is 54.1 Å². The average Bonchev–Trinajstić information content (AvgIpc) is 3.09. The maximum atomic E-state index is 12.4. The smallest absolute Gasteiger partial charge is 0.457 e. The molecule has 0 heterocycles. The lowest BCUT2D eigenvalue weighted by molar-refractivity contribution is -0.870. The van der Waals surface area contributed by atoms with E-state index in [4.69, 9.17) is 18.5 Å². The van der Waals surface area contributed by atoms with Crippen molar-refractivity contribution in [3.05, 3.63) is 24.3 Å². The number of allylic oxidation sites excluding steroid dienone is 4. The highest BCUT2D eigenvalue weighted by Gasteiger charge is 2.26. The van der Waals surface area contributed by atoms with Gasteiger partial charge < -0.3 is 18.9 Å². The number of likely N-dealkylation sites (N-methyl/N-ethyl adjacent to an activating group) is 1. The highest BCUT2D eigenvalue weighted by molar-refractivity contribution is 7.47. The number of unbranched alkanes of at least 4 members (excludes halogenated alkanes) is 22. The molecule has 1 N–H and O–H groups in total. The molecule has 0 radical (unpaired) electrons. The largest absolute Gasteiger partial charge is 0.472 e. The summed E-state index contributed by atoms with van der Waals surface area (Å²) < 4.78 is 34.6. The fourth-order valence-corrected chi connectivity index (χ4v) is 6.62. The summed E-state index contributed by atoms with van der Waals surface area (Å²) in [6.45, 7) is 5.50. The minimum absolute atomic E-state index is 0.0898. The van der Waals surface area contributed by atoms with Gasteiger partial charge in [0.2, 0.25) is 0 Å². The van der Waals surface area contributed by atoms with Gasteiger partial charge in [0.05, 0.1) is 34.4 Å². The third-order valence-corrected chi connectivity index (χ3v) is 10.2. The molecule has 0 rings (SSSR count). The highest BCUT2D eigenvalue weighted by atomic mass is 31.2. The van der Waals surface area contributed by atoms with E-state index >= 15 is 0 Å². The van der Waals surface area contributed by atoms with Crippen molar-refractivity contribution >= 4 is 13.8 Å². The molecule has 0 aliphatic rings. The van der Waals surface area contributed by atoms with Crippen molar-refractivity contribution in [1.29, 1.82) is 0 Å². The molecule has 0 bridgehead atoms. The summed E-state index contributed by atoms with van der Waals surface area (Å²) in [5.74, 6) is -0.330. The molecule has 0 aromatic rings. The number of quaternary nitrogens is 1. The Morgan fingerprint density at radius 3 is 1.56 bits per heavy atom. The second-order valence-corrected chi connectivity index (χ2v) is 17.2. The maximum Gasteiger partial charge on any atom is 0.472 e. The average molecular weight is 759 g/mol. The number of carbonyl (C=O) groups is 1. The Bertz CT molecular complexity index is 889. The highest BCUT2D eigenvalue weighted by Crippen LogP contribution is 2.43. The van der Waals surface area contributed by atoms with Crippen LogP contribution in [0, 0.1) is 0 Å². The molecule has 0 spiro atoms. The van der Waals surface area contributed by atoms with E-state index in [-0.39, 0.29) is 25.8 Å². The number of nitrogens with zero attached hydrogens (tertiary/aromatic N) is 1. The molecule has 2 atom stereocenters. The molecule has 0 aliphatic carbocycles. The van der Waals surface area contributed by atoms with Gasteiger partial charge in [-0.3, -0.25) is 13.8 Å². The zero-order chi connectivity index (χ0) is 38.4. The minimum atomic E-state index is -4.25. The van der Waals surface area contributed by atoms with Gasteiger partial charge in [-0.1, -0.05) is 160 Å². The van der Waals surface area contributed by atoms with Crippen LogP contribution in [0.5, 0.6) is 0 Å². The van der Waals surface area contributed by atoms with Crippen molar-refractivity contribution in [2.24, 2.45) is 0 Å². The molecule has 8 nitrogen and oxygen atoms in total. The van der Waals surface area contributed by atoms with Crippen molar-refractivity contribution in [3.8, 4) is 0 Å². The third kappa shape index (κ3) is 40.2. The lowest BCUT2D eigenvalue weighted by atomic mass is 10.0. The Hall–Kier alpha value is -1.02. The number of ether oxygens (including phenoxy) is 2. The molecule has 52 heavy (non-hydrogen) atoms. The van der Waals surface area contributed by atoms with Crippen molar-refractivity contribution in [1.82, 2.24) is 0 Å². The fourth-order valence-electron chi connectivity index (χ4n) is 5.88. The standard InChI is InChI=1S/C43H84NO7P/c1-6-8-10-12-13-14-15-16-17-18-19-20-21-22-23-24-25-26-27-28-29-30-31-32-33-35-38-48-40-42(51-43(45)36-34-11-9-7-2)41-50-52(46,47)49-39-37-44(3,4)5/h15-16,18-19,42H,6-14,17,20-41H2,1-5H3/p+1/b16-15-,19-18-. The summed E-state index contributed by atoms with van der Waals surface area (Å²) >= 11 is 0. The Kier molecular flexibility index (Phi) is 36.2. The van der Waals surface area contributed by atoms with Crippen molar-refractivity contribution in [2.45, 2.75) is 193 Å². The maximum absolute atomic E-state index is 12.4. The predicted molar refractivity (Wildman–Crippen MR) is 220 cm³/mol. The van der Waals surface area contributed by atoms with E-state index in [1.165, 1.54) is 122 Å². The SMILES string of the molecule is CCCCCCC/C=C\C/C=C\CCCCCCCCCCCCCCCCOCC(COP(=O)(O)OCC[N+](C)(C)C)OC(=O)CCCCCC. The number of rotatable bonds is 40. The lowest BCUT2D eigenvalue weighted by Gasteiger charge is -2.24. The first-order valence-corrected chi connectivity index (χ1v) is 23.1. The van der Waals surface area contributed by atoms with Crippen LogP contribution in [0.25, 0.3) is 0 Å². The first-order chi connectivity index (χ1) is 25.1. The van der Waals surface area contributed by atoms with Gasteiger partial charge in [-0.05, 0) is 44.9 Å². The fraction of sp³-hybridized carbons (Fsp3) is 0.884. The normalized spacial score (nSPS) is 14.0. The summed E-state index contributed by atoms with van der Waals surface area (Å²) in [6.07, 6.45) is 41.4. The van der Waals surface area contributed by atoms with Crippen molar-refractivity contribution < 1.29 is 37.3 Å². The van der Waals surface area contributed by atoms with Gasteiger partial charge in [-0.2, -0.15) is 0 Å². The quantitative estimate of drug-likeness (QED) is 0.0219. The molecule has 0 fully saturated rings. The van der Waals surface area contributed by atoms with Gasteiger partial charge in [0.1, 0.15) is 19.3 Å². The van der Waals surface area contributed by atoms with Crippen LogP contribution in [-0.4, -0.2) is 75.6 Å². The molecule has 308 valence electrons. The summed E-state index contributed by atoms with van der Waals surface area (Å²) in [5.41, 5.74) is 0. The minimum Gasteiger partial charge on any atom is -0.457 e. The van der Waals surface area contributed by atoms with Crippen LogP contribution in [0.15, 0.2) is 24.3 Å². The molecule has 2 unspecified atom stereocenters. The van der Waals surface area contributed by atoms with Crippen LogP contribution < -0.4 is 0 Å². The first-order valence-electron chi connectivity index (χ1n) is 21.6. The predicted octanol–water partition coefficient (Wildman–Crippen LogP) is 12.4. The molecule has 0 amide bonds. The van der Waals surface area contributed by atoms with Crippen LogP contribution in [-0.2, 0) is 27.9 Å². The van der Waals surface area contributed by atoms with E-state index in [0.29, 0.717) is 24.1 Å². The number of carbonyl (C=O) groups excluding carboxylic acids is 1. The molecular weight excluding hydrogens is 673 g/mol. The monoisotopic (exact) mass is 759 g/mol. The molecule has 0 aromatic heterocycles. The molecule has 9 heteroatoms. The second-order valence-electron chi connectivity index (χ2n) is 15.7. The van der Waals surface area contributed by atoms with E-state index < -0.39 is 13.9 Å². The molecule has 0 saturated carbocycles. The van der Waals surface area contributed by atoms with E-state index in [2.05, 4.69) is 38.2 Å². The van der Waals surface area contributed by atoms with Gasteiger partial charge in [0.25, 0.3) is 0 Å². The Morgan fingerprint density at radius 2 is 1.06 bits per heavy atom. The Labute approximate surface area is 322 Å². The first kappa shape index (κ1) is 51.0. The number of phosphoric ester groups is 1.